The Morgan fingerprint density at radius 1 is 1.38 bits per heavy atom. The third-order valence-electron chi connectivity index (χ3n) is 4.02. The van der Waals surface area contributed by atoms with Gasteiger partial charge >= 0.3 is 0 Å². The maximum absolute atomic E-state index is 5.43. The van der Waals surface area contributed by atoms with Crippen LogP contribution in [0.4, 0.5) is 5.95 Å². The highest BCUT2D eigenvalue weighted by molar-refractivity contribution is 5.32. The van der Waals surface area contributed by atoms with Crippen LogP contribution in [0.15, 0.2) is 16.9 Å². The first-order chi connectivity index (χ1) is 9.95. The Bertz CT molecular complexity index is 610. The maximum Gasteiger partial charge on any atom is 0.266 e. The van der Waals surface area contributed by atoms with Crippen LogP contribution in [-0.4, -0.2) is 32.3 Å². The normalized spacial score (nSPS) is 19.4. The quantitative estimate of drug-likeness (QED) is 0.869. The van der Waals surface area contributed by atoms with E-state index in [2.05, 4.69) is 45.4 Å². The highest BCUT2D eigenvalue weighted by atomic mass is 16.5. The predicted molar refractivity (Wildman–Crippen MR) is 80.3 cm³/mol. The molecule has 6 nitrogen and oxygen atoms in total. The Labute approximate surface area is 125 Å². The van der Waals surface area contributed by atoms with Crippen molar-refractivity contribution in [2.75, 3.05) is 11.4 Å². The molecule has 0 unspecified atom stereocenters. The van der Waals surface area contributed by atoms with Gasteiger partial charge in [-0.2, -0.15) is 4.98 Å². The van der Waals surface area contributed by atoms with Gasteiger partial charge in [0.1, 0.15) is 5.82 Å². The van der Waals surface area contributed by atoms with Crippen LogP contribution in [0.2, 0.25) is 0 Å². The van der Waals surface area contributed by atoms with Crippen LogP contribution >= 0.6 is 0 Å². The molecule has 2 aromatic heterocycles. The number of aromatic nitrogens is 4. The lowest BCUT2D eigenvalue weighted by Crippen LogP contribution is -2.34. The highest BCUT2D eigenvalue weighted by Gasteiger charge is 2.30. The Hall–Kier alpha value is -1.85. The monoisotopic (exact) mass is 289 g/mol. The molecule has 0 radical (unpaired) electrons. The van der Waals surface area contributed by atoms with Gasteiger partial charge in [-0.1, -0.05) is 20.8 Å². The molecule has 0 aromatic carbocycles. The second-order valence-electron chi connectivity index (χ2n) is 6.77. The molecule has 0 saturated carbocycles. The van der Waals surface area contributed by atoms with E-state index in [1.165, 1.54) is 0 Å². The second kappa shape index (κ2) is 5.16. The maximum atomic E-state index is 5.43. The summed E-state index contributed by atoms with van der Waals surface area (Å²) in [6.45, 7) is 10.2. The molecular formula is C15H23N5O. The topological polar surface area (TPSA) is 60.0 Å². The Kier molecular flexibility index (Phi) is 3.47. The lowest BCUT2D eigenvalue weighted by Gasteiger charge is -2.23. The molecule has 1 aliphatic heterocycles. The summed E-state index contributed by atoms with van der Waals surface area (Å²) in [4.78, 5) is 11.1. The largest absolute Gasteiger partial charge is 0.337 e. The number of imidazole rings is 1. The third-order valence-corrected chi connectivity index (χ3v) is 4.02. The van der Waals surface area contributed by atoms with Crippen molar-refractivity contribution in [2.24, 2.45) is 0 Å². The average molecular weight is 289 g/mol. The van der Waals surface area contributed by atoms with E-state index in [-0.39, 0.29) is 5.41 Å². The van der Waals surface area contributed by atoms with E-state index in [4.69, 9.17) is 4.52 Å². The van der Waals surface area contributed by atoms with Crippen LogP contribution in [0.1, 0.15) is 45.3 Å². The van der Waals surface area contributed by atoms with Crippen LogP contribution in [0.5, 0.6) is 0 Å². The summed E-state index contributed by atoms with van der Waals surface area (Å²) >= 11 is 0. The lowest BCUT2D eigenvalue weighted by atomic mass is 9.97. The molecule has 0 spiro atoms. The first kappa shape index (κ1) is 14.1. The minimum Gasteiger partial charge on any atom is -0.337 e. The fourth-order valence-electron chi connectivity index (χ4n) is 2.75. The van der Waals surface area contributed by atoms with Crippen molar-refractivity contribution >= 4 is 5.95 Å². The molecule has 1 fully saturated rings. The van der Waals surface area contributed by atoms with Gasteiger partial charge in [-0.05, 0) is 24.9 Å². The Morgan fingerprint density at radius 3 is 2.81 bits per heavy atom. The zero-order valence-electron chi connectivity index (χ0n) is 13.2. The van der Waals surface area contributed by atoms with Gasteiger partial charge in [0.2, 0.25) is 5.89 Å². The lowest BCUT2D eigenvalue weighted by molar-refractivity contribution is 0.320. The van der Waals surface area contributed by atoms with E-state index in [1.807, 2.05) is 19.3 Å². The minimum absolute atomic E-state index is 0.110. The summed E-state index contributed by atoms with van der Waals surface area (Å²) in [5, 5.41) is 4.18. The van der Waals surface area contributed by atoms with Crippen molar-refractivity contribution in [1.82, 2.24) is 19.7 Å². The Balaban J connectivity index is 1.78. The van der Waals surface area contributed by atoms with Crippen LogP contribution < -0.4 is 4.90 Å². The first-order valence-corrected chi connectivity index (χ1v) is 7.54. The van der Waals surface area contributed by atoms with Crippen molar-refractivity contribution in [2.45, 2.75) is 58.5 Å². The fraction of sp³-hybridized carbons (Fsp3) is 0.667. The molecule has 0 N–H and O–H groups in total. The van der Waals surface area contributed by atoms with Crippen LogP contribution in [-0.2, 0) is 12.0 Å². The molecule has 6 heteroatoms. The highest BCUT2D eigenvalue weighted by Crippen LogP contribution is 2.27. The molecule has 0 bridgehead atoms. The summed E-state index contributed by atoms with van der Waals surface area (Å²) in [5.41, 5.74) is -0.110. The SMILES string of the molecule is Cc1nccn1C[C@H]1CCCN1c1noc(C(C)(C)C)n1. The predicted octanol–water partition coefficient (Wildman–Crippen LogP) is 2.54. The average Bonchev–Trinajstić information content (AvgIpc) is 3.10. The van der Waals surface area contributed by atoms with Crippen LogP contribution in [0.3, 0.4) is 0 Å². The molecule has 21 heavy (non-hydrogen) atoms. The molecule has 0 aliphatic carbocycles. The molecule has 1 saturated heterocycles. The van der Waals surface area contributed by atoms with Crippen molar-refractivity contribution in [3.63, 3.8) is 0 Å². The molecule has 2 aromatic rings. The van der Waals surface area contributed by atoms with Crippen molar-refractivity contribution in [1.29, 1.82) is 0 Å². The number of hydrogen-bond donors (Lipinski definition) is 0. The Morgan fingerprint density at radius 2 is 2.19 bits per heavy atom. The van der Waals surface area contributed by atoms with Crippen LogP contribution in [0, 0.1) is 6.92 Å². The van der Waals surface area contributed by atoms with E-state index in [0.717, 1.165) is 37.7 Å². The summed E-state index contributed by atoms with van der Waals surface area (Å²) in [6, 6.07) is 0.406. The standard InChI is InChI=1S/C15H23N5O/c1-11-16-7-9-19(11)10-12-6-5-8-20(12)14-17-13(21-18-14)15(2,3)4/h7,9,12H,5-6,8,10H2,1-4H3/t12-/m1/s1. The van der Waals surface area contributed by atoms with Crippen molar-refractivity contribution in [3.05, 3.63) is 24.1 Å². The van der Waals surface area contributed by atoms with E-state index in [9.17, 15) is 0 Å². The zero-order chi connectivity index (χ0) is 15.0. The molecule has 1 atom stereocenters. The number of hydrogen-bond acceptors (Lipinski definition) is 5. The molecule has 3 heterocycles. The number of aryl methyl sites for hydroxylation is 1. The molecule has 0 amide bonds. The number of nitrogens with zero attached hydrogens (tertiary/aromatic N) is 5. The van der Waals surface area contributed by atoms with E-state index < -0.39 is 0 Å². The smallest absolute Gasteiger partial charge is 0.266 e. The molecule has 114 valence electrons. The van der Waals surface area contributed by atoms with Gasteiger partial charge in [-0.15, -0.1) is 0 Å². The van der Waals surface area contributed by atoms with Crippen molar-refractivity contribution < 1.29 is 4.52 Å². The summed E-state index contributed by atoms with van der Waals surface area (Å²) in [7, 11) is 0. The summed E-state index contributed by atoms with van der Waals surface area (Å²) in [6.07, 6.45) is 6.19. The van der Waals surface area contributed by atoms with E-state index in [0.29, 0.717) is 11.9 Å². The van der Waals surface area contributed by atoms with Gasteiger partial charge in [0.05, 0.1) is 0 Å². The van der Waals surface area contributed by atoms with Crippen molar-refractivity contribution in [3.8, 4) is 0 Å². The van der Waals surface area contributed by atoms with Gasteiger partial charge < -0.3 is 14.0 Å². The fourth-order valence-corrected chi connectivity index (χ4v) is 2.75. The number of rotatable bonds is 3. The van der Waals surface area contributed by atoms with Gasteiger partial charge in [0.15, 0.2) is 0 Å². The summed E-state index contributed by atoms with van der Waals surface area (Å²) < 4.78 is 7.62. The van der Waals surface area contributed by atoms with Crippen LogP contribution in [0.25, 0.3) is 0 Å². The summed E-state index contributed by atoms with van der Waals surface area (Å²) in [5.74, 6) is 2.47. The molecular weight excluding hydrogens is 266 g/mol. The minimum atomic E-state index is -0.110. The number of anilines is 1. The van der Waals surface area contributed by atoms with E-state index >= 15 is 0 Å². The van der Waals surface area contributed by atoms with Gasteiger partial charge in [-0.3, -0.25) is 0 Å². The van der Waals surface area contributed by atoms with E-state index in [1.54, 1.807) is 0 Å². The van der Waals surface area contributed by atoms with Gasteiger partial charge in [0.25, 0.3) is 5.95 Å². The van der Waals surface area contributed by atoms with Gasteiger partial charge in [-0.25, -0.2) is 4.98 Å². The molecule has 1 aliphatic rings. The first-order valence-electron chi connectivity index (χ1n) is 7.54. The third kappa shape index (κ3) is 2.80. The second-order valence-corrected chi connectivity index (χ2v) is 6.77. The molecule has 3 rings (SSSR count). The zero-order valence-corrected chi connectivity index (χ0v) is 13.2. The van der Waals surface area contributed by atoms with Gasteiger partial charge in [0, 0.05) is 36.9 Å².